The number of likely N-dealkylation sites (N-methyl/N-ethyl adjacent to an activating group) is 1. The third kappa shape index (κ3) is 2.08. The van der Waals surface area contributed by atoms with Crippen LogP contribution < -0.4 is 4.90 Å². The van der Waals surface area contributed by atoms with Crippen LogP contribution in [0.5, 0.6) is 0 Å². The van der Waals surface area contributed by atoms with Crippen LogP contribution in [0.1, 0.15) is 23.2 Å². The van der Waals surface area contributed by atoms with Gasteiger partial charge in [0.05, 0.1) is 11.3 Å². The second kappa shape index (κ2) is 4.59. The number of fused-ring (bicyclic) bond motifs is 1. The molecule has 1 aromatic rings. The lowest BCUT2D eigenvalue weighted by Gasteiger charge is -2.21. The topological polar surface area (TPSA) is 57.7 Å². The molecule has 3 rings (SSSR count). The van der Waals surface area contributed by atoms with Gasteiger partial charge in [0.1, 0.15) is 6.54 Å². The molecule has 0 atom stereocenters. The van der Waals surface area contributed by atoms with Crippen molar-refractivity contribution >= 4 is 34.9 Å². The van der Waals surface area contributed by atoms with E-state index in [1.54, 1.807) is 24.1 Å². The fraction of sp³-hybridized carbons (Fsp3) is 0.357. The third-order valence-electron chi connectivity index (χ3n) is 3.72. The smallest absolute Gasteiger partial charge is 0.299 e. The Morgan fingerprint density at radius 3 is 2.75 bits per heavy atom. The summed E-state index contributed by atoms with van der Waals surface area (Å²) in [6.45, 7) is -0.120. The quantitative estimate of drug-likeness (QED) is 0.793. The van der Waals surface area contributed by atoms with Crippen LogP contribution >= 0.6 is 11.6 Å². The van der Waals surface area contributed by atoms with Crippen molar-refractivity contribution in [3.8, 4) is 0 Å². The minimum absolute atomic E-state index is 0.120. The molecule has 1 fully saturated rings. The zero-order chi connectivity index (χ0) is 14.4. The number of nitrogens with zero attached hydrogens (tertiary/aromatic N) is 2. The number of Topliss-reactive ketones (excluding diaryl/α,β-unsaturated/α-hetero) is 1. The number of hydrogen-bond donors (Lipinski definition) is 0. The summed E-state index contributed by atoms with van der Waals surface area (Å²) in [5.41, 5.74) is 0.728. The van der Waals surface area contributed by atoms with E-state index < -0.39 is 11.7 Å². The van der Waals surface area contributed by atoms with Gasteiger partial charge in [-0.2, -0.15) is 0 Å². The van der Waals surface area contributed by atoms with E-state index in [1.807, 2.05) is 0 Å². The molecule has 1 heterocycles. The normalized spacial score (nSPS) is 17.4. The number of carbonyl (C=O) groups excluding carboxylic acids is 3. The minimum atomic E-state index is -0.667. The van der Waals surface area contributed by atoms with Gasteiger partial charge < -0.3 is 4.90 Å². The Kier molecular flexibility index (Phi) is 3.01. The second-order valence-electron chi connectivity index (χ2n) is 5.12. The van der Waals surface area contributed by atoms with Gasteiger partial charge in [0.15, 0.2) is 0 Å². The Bertz CT molecular complexity index is 625. The van der Waals surface area contributed by atoms with Gasteiger partial charge in [-0.25, -0.2) is 0 Å². The molecule has 0 unspecified atom stereocenters. The van der Waals surface area contributed by atoms with Gasteiger partial charge >= 0.3 is 0 Å². The minimum Gasteiger partial charge on any atom is -0.341 e. The Labute approximate surface area is 121 Å². The highest BCUT2D eigenvalue weighted by Gasteiger charge is 2.38. The summed E-state index contributed by atoms with van der Waals surface area (Å²) < 4.78 is 0. The summed E-state index contributed by atoms with van der Waals surface area (Å²) in [5, 5.41) is 0.430. The monoisotopic (exact) mass is 292 g/mol. The van der Waals surface area contributed by atoms with Gasteiger partial charge in [-0.15, -0.1) is 0 Å². The Morgan fingerprint density at radius 2 is 2.10 bits per heavy atom. The molecular formula is C14H13ClN2O3. The number of ketones is 1. The molecule has 6 heteroatoms. The fourth-order valence-electron chi connectivity index (χ4n) is 2.34. The van der Waals surface area contributed by atoms with Gasteiger partial charge in [-0.3, -0.25) is 19.3 Å². The Hall–Kier alpha value is -1.88. The summed E-state index contributed by atoms with van der Waals surface area (Å²) in [7, 11) is 1.72. The van der Waals surface area contributed by atoms with Crippen molar-refractivity contribution in [2.45, 2.75) is 18.9 Å². The van der Waals surface area contributed by atoms with E-state index in [9.17, 15) is 14.4 Å². The van der Waals surface area contributed by atoms with Crippen molar-refractivity contribution in [2.75, 3.05) is 18.5 Å². The molecule has 0 aromatic heterocycles. The van der Waals surface area contributed by atoms with Gasteiger partial charge in [-0.1, -0.05) is 11.6 Å². The number of hydrogen-bond acceptors (Lipinski definition) is 3. The molecule has 0 N–H and O–H groups in total. The summed E-state index contributed by atoms with van der Waals surface area (Å²) >= 11 is 5.90. The van der Waals surface area contributed by atoms with E-state index in [0.717, 1.165) is 12.8 Å². The Morgan fingerprint density at radius 1 is 1.40 bits per heavy atom. The maximum Gasteiger partial charge on any atom is 0.299 e. The van der Waals surface area contributed by atoms with E-state index in [2.05, 4.69) is 0 Å². The molecule has 0 bridgehead atoms. The Balaban J connectivity index is 1.86. The van der Waals surface area contributed by atoms with Gasteiger partial charge in [0, 0.05) is 18.1 Å². The largest absolute Gasteiger partial charge is 0.341 e. The highest BCUT2D eigenvalue weighted by molar-refractivity contribution is 6.53. The maximum atomic E-state index is 12.1. The molecule has 2 aliphatic rings. The average Bonchev–Trinajstić information content (AvgIpc) is 3.23. The van der Waals surface area contributed by atoms with Crippen LogP contribution in [0.2, 0.25) is 5.02 Å². The van der Waals surface area contributed by atoms with E-state index >= 15 is 0 Å². The number of halogens is 1. The second-order valence-corrected chi connectivity index (χ2v) is 5.55. The first-order valence-electron chi connectivity index (χ1n) is 6.40. The lowest BCUT2D eigenvalue weighted by Crippen LogP contribution is -2.41. The average molecular weight is 293 g/mol. The van der Waals surface area contributed by atoms with Crippen LogP contribution in [-0.2, 0) is 9.59 Å². The number of carbonyl (C=O) groups is 3. The lowest BCUT2D eigenvalue weighted by atomic mass is 10.1. The van der Waals surface area contributed by atoms with Gasteiger partial charge in [0.25, 0.3) is 11.7 Å². The maximum absolute atomic E-state index is 12.1. The zero-order valence-corrected chi connectivity index (χ0v) is 11.7. The fourth-order valence-corrected chi connectivity index (χ4v) is 2.50. The van der Waals surface area contributed by atoms with Crippen molar-refractivity contribution in [3.63, 3.8) is 0 Å². The molecule has 1 aliphatic heterocycles. The summed E-state index contributed by atoms with van der Waals surface area (Å²) in [5.74, 6) is -1.42. The number of anilines is 1. The van der Waals surface area contributed by atoms with Crippen LogP contribution in [-0.4, -0.2) is 42.1 Å². The van der Waals surface area contributed by atoms with Crippen LogP contribution in [0.25, 0.3) is 0 Å². The first kappa shape index (κ1) is 13.1. The standard InChI is InChI=1S/C14H13ClN2O3/c1-16(9-3-4-9)12(18)7-17-11-6-8(15)2-5-10(11)13(19)14(17)20/h2,5-6,9H,3-4,7H2,1H3. The van der Waals surface area contributed by atoms with Crippen molar-refractivity contribution < 1.29 is 14.4 Å². The van der Waals surface area contributed by atoms with E-state index in [-0.39, 0.29) is 18.5 Å². The van der Waals surface area contributed by atoms with E-state index in [1.165, 1.54) is 11.0 Å². The van der Waals surface area contributed by atoms with Gasteiger partial charge in [0.2, 0.25) is 5.91 Å². The first-order valence-corrected chi connectivity index (χ1v) is 6.78. The summed E-state index contributed by atoms with van der Waals surface area (Å²) in [6, 6.07) is 4.90. The van der Waals surface area contributed by atoms with Crippen LogP contribution in [0, 0.1) is 0 Å². The predicted molar refractivity (Wildman–Crippen MR) is 73.9 cm³/mol. The van der Waals surface area contributed by atoms with Crippen molar-refractivity contribution in [2.24, 2.45) is 0 Å². The van der Waals surface area contributed by atoms with Crippen LogP contribution in [0.15, 0.2) is 18.2 Å². The highest BCUT2D eigenvalue weighted by atomic mass is 35.5. The van der Waals surface area contributed by atoms with Crippen molar-refractivity contribution in [3.05, 3.63) is 28.8 Å². The lowest BCUT2D eigenvalue weighted by molar-refractivity contribution is -0.130. The number of rotatable bonds is 3. The summed E-state index contributed by atoms with van der Waals surface area (Å²) in [4.78, 5) is 38.8. The predicted octanol–water partition coefficient (Wildman–Crippen LogP) is 1.49. The third-order valence-corrected chi connectivity index (χ3v) is 3.95. The van der Waals surface area contributed by atoms with E-state index in [0.29, 0.717) is 16.3 Å². The van der Waals surface area contributed by atoms with Gasteiger partial charge in [-0.05, 0) is 31.0 Å². The molecule has 20 heavy (non-hydrogen) atoms. The molecule has 1 aliphatic carbocycles. The number of amides is 2. The molecule has 104 valence electrons. The molecule has 1 saturated carbocycles. The number of benzene rings is 1. The molecule has 2 amide bonds. The first-order chi connectivity index (χ1) is 9.49. The molecule has 0 saturated heterocycles. The van der Waals surface area contributed by atoms with Crippen LogP contribution in [0.4, 0.5) is 5.69 Å². The molecule has 1 aromatic carbocycles. The molecule has 0 spiro atoms. The van der Waals surface area contributed by atoms with Crippen molar-refractivity contribution in [1.82, 2.24) is 4.90 Å². The molecule has 0 radical (unpaired) electrons. The summed E-state index contributed by atoms with van der Waals surface area (Å²) in [6.07, 6.45) is 2.00. The van der Waals surface area contributed by atoms with Crippen LogP contribution in [0.3, 0.4) is 0 Å². The SMILES string of the molecule is CN(C(=O)CN1C(=O)C(=O)c2ccc(Cl)cc21)C1CC1. The van der Waals surface area contributed by atoms with E-state index in [4.69, 9.17) is 11.6 Å². The molecular weight excluding hydrogens is 280 g/mol. The van der Waals surface area contributed by atoms with Crippen molar-refractivity contribution in [1.29, 1.82) is 0 Å². The highest BCUT2D eigenvalue weighted by Crippen LogP contribution is 2.32. The zero-order valence-electron chi connectivity index (χ0n) is 10.9. The molecule has 5 nitrogen and oxygen atoms in total.